The molecule has 2 amide bonds. The fourth-order valence-electron chi connectivity index (χ4n) is 3.55. The number of ether oxygens (including phenoxy) is 1. The van der Waals surface area contributed by atoms with Crippen LogP contribution in [0.15, 0.2) is 48.5 Å². The zero-order chi connectivity index (χ0) is 20.6. The summed E-state index contributed by atoms with van der Waals surface area (Å²) in [5.41, 5.74) is 0.670. The Hall–Kier alpha value is -3.23. The molecule has 0 spiro atoms. The van der Waals surface area contributed by atoms with Gasteiger partial charge in [0.15, 0.2) is 0 Å². The molecule has 4 rings (SSSR count). The number of piperazine rings is 1. The Kier molecular flexibility index (Phi) is 4.81. The molecule has 29 heavy (non-hydrogen) atoms. The number of halogens is 3. The Labute approximate surface area is 164 Å². The molecule has 0 radical (unpaired) electrons. The van der Waals surface area contributed by atoms with Gasteiger partial charge in [0.1, 0.15) is 12.6 Å². The second-order valence-electron chi connectivity index (χ2n) is 6.91. The second-order valence-corrected chi connectivity index (χ2v) is 6.91. The maximum absolute atomic E-state index is 12.9. The van der Waals surface area contributed by atoms with Crippen molar-refractivity contribution >= 4 is 23.4 Å². The second kappa shape index (κ2) is 7.31. The van der Waals surface area contributed by atoms with Gasteiger partial charge in [-0.25, -0.2) is 4.79 Å². The molecule has 152 valence electrons. The first-order valence-corrected chi connectivity index (χ1v) is 9.07. The number of amides is 2. The SMILES string of the molecule is O=C1Nc2cc(C(F)(F)F)ccc2N2CCN(C(=O)OCc3ccccc3)CC12. The summed E-state index contributed by atoms with van der Waals surface area (Å²) in [4.78, 5) is 28.0. The highest BCUT2D eigenvalue weighted by Gasteiger charge is 2.40. The first-order chi connectivity index (χ1) is 13.8. The van der Waals surface area contributed by atoms with Gasteiger partial charge in [-0.15, -0.1) is 0 Å². The molecule has 2 heterocycles. The van der Waals surface area contributed by atoms with Gasteiger partial charge in [0.2, 0.25) is 5.91 Å². The van der Waals surface area contributed by atoms with Crippen molar-refractivity contribution in [2.45, 2.75) is 18.8 Å². The summed E-state index contributed by atoms with van der Waals surface area (Å²) in [5, 5.41) is 2.53. The molecule has 1 atom stereocenters. The number of rotatable bonds is 2. The van der Waals surface area contributed by atoms with Gasteiger partial charge in [-0.1, -0.05) is 30.3 Å². The van der Waals surface area contributed by atoms with Crippen LogP contribution in [0.3, 0.4) is 0 Å². The third kappa shape index (κ3) is 3.85. The fourth-order valence-corrected chi connectivity index (χ4v) is 3.55. The number of benzene rings is 2. The summed E-state index contributed by atoms with van der Waals surface area (Å²) in [6.45, 7) is 0.842. The highest BCUT2D eigenvalue weighted by Crippen LogP contribution is 2.38. The van der Waals surface area contributed by atoms with Gasteiger partial charge in [-0.3, -0.25) is 4.79 Å². The first-order valence-electron chi connectivity index (χ1n) is 9.07. The van der Waals surface area contributed by atoms with E-state index in [9.17, 15) is 22.8 Å². The van der Waals surface area contributed by atoms with Crippen molar-refractivity contribution in [2.75, 3.05) is 29.9 Å². The lowest BCUT2D eigenvalue weighted by Crippen LogP contribution is -2.61. The van der Waals surface area contributed by atoms with Gasteiger partial charge in [0, 0.05) is 13.1 Å². The molecule has 9 heteroatoms. The van der Waals surface area contributed by atoms with E-state index >= 15 is 0 Å². The number of carbonyl (C=O) groups excluding carboxylic acids is 2. The quantitative estimate of drug-likeness (QED) is 0.831. The number of hydrogen-bond acceptors (Lipinski definition) is 4. The van der Waals surface area contributed by atoms with Gasteiger partial charge in [-0.2, -0.15) is 13.2 Å². The van der Waals surface area contributed by atoms with Crippen LogP contribution >= 0.6 is 0 Å². The van der Waals surface area contributed by atoms with Crippen molar-refractivity contribution < 1.29 is 27.5 Å². The monoisotopic (exact) mass is 405 g/mol. The summed E-state index contributed by atoms with van der Waals surface area (Å²) >= 11 is 0. The van der Waals surface area contributed by atoms with Crippen LogP contribution in [0.4, 0.5) is 29.3 Å². The van der Waals surface area contributed by atoms with Crippen molar-refractivity contribution in [3.63, 3.8) is 0 Å². The standard InChI is InChI=1S/C20H18F3N3O3/c21-20(22,23)14-6-7-16-15(10-14)24-18(27)17-11-25(8-9-26(16)17)19(28)29-12-13-4-2-1-3-5-13/h1-7,10,17H,8-9,11-12H2,(H,24,27). The molecule has 2 aromatic rings. The minimum Gasteiger partial charge on any atom is -0.445 e. The molecule has 0 aliphatic carbocycles. The number of fused-ring (bicyclic) bond motifs is 3. The minimum atomic E-state index is -4.49. The minimum absolute atomic E-state index is 0.0971. The number of hydrogen-bond donors (Lipinski definition) is 1. The van der Waals surface area contributed by atoms with Crippen LogP contribution in [-0.4, -0.2) is 42.6 Å². The number of anilines is 2. The van der Waals surface area contributed by atoms with Crippen LogP contribution in [0.5, 0.6) is 0 Å². The number of carbonyl (C=O) groups is 2. The van der Waals surface area contributed by atoms with Gasteiger partial charge < -0.3 is 19.9 Å². The van der Waals surface area contributed by atoms with Crippen LogP contribution in [0.2, 0.25) is 0 Å². The predicted octanol–water partition coefficient (Wildman–Crippen LogP) is 3.48. The van der Waals surface area contributed by atoms with Crippen LogP contribution in [-0.2, 0) is 22.3 Å². The van der Waals surface area contributed by atoms with E-state index in [2.05, 4.69) is 5.32 Å². The third-order valence-corrected chi connectivity index (χ3v) is 5.04. The molecule has 2 aliphatic heterocycles. The van der Waals surface area contributed by atoms with E-state index in [0.717, 1.165) is 17.7 Å². The Morgan fingerprint density at radius 2 is 1.90 bits per heavy atom. The lowest BCUT2D eigenvalue weighted by molar-refractivity contribution is -0.137. The number of nitrogens with one attached hydrogen (secondary N) is 1. The normalized spacial score (nSPS) is 18.6. The summed E-state index contributed by atoms with van der Waals surface area (Å²) in [6, 6.07) is 11.8. The lowest BCUT2D eigenvalue weighted by atomic mass is 10.0. The molecule has 2 aliphatic rings. The zero-order valence-corrected chi connectivity index (χ0v) is 15.3. The Morgan fingerprint density at radius 3 is 2.62 bits per heavy atom. The lowest BCUT2D eigenvalue weighted by Gasteiger charge is -2.44. The number of alkyl halides is 3. The summed E-state index contributed by atoms with van der Waals surface area (Å²) in [5.74, 6) is -0.447. The van der Waals surface area contributed by atoms with E-state index in [4.69, 9.17) is 4.74 Å². The number of nitrogens with zero attached hydrogens (tertiary/aromatic N) is 2. The average Bonchev–Trinajstić information content (AvgIpc) is 2.71. The molecule has 0 aromatic heterocycles. The third-order valence-electron chi connectivity index (χ3n) is 5.04. The Balaban J connectivity index is 1.45. The van der Waals surface area contributed by atoms with E-state index in [-0.39, 0.29) is 18.8 Å². The van der Waals surface area contributed by atoms with Crippen molar-refractivity contribution in [3.8, 4) is 0 Å². The predicted molar refractivity (Wildman–Crippen MR) is 99.4 cm³/mol. The first kappa shape index (κ1) is 19.1. The highest BCUT2D eigenvalue weighted by atomic mass is 19.4. The molecule has 1 N–H and O–H groups in total. The van der Waals surface area contributed by atoms with Crippen LogP contribution in [0.1, 0.15) is 11.1 Å². The van der Waals surface area contributed by atoms with E-state index < -0.39 is 29.8 Å². The smallest absolute Gasteiger partial charge is 0.416 e. The van der Waals surface area contributed by atoms with Gasteiger partial charge in [0.05, 0.1) is 23.5 Å². The van der Waals surface area contributed by atoms with Crippen LogP contribution in [0.25, 0.3) is 0 Å². The maximum atomic E-state index is 12.9. The van der Waals surface area contributed by atoms with E-state index in [0.29, 0.717) is 18.8 Å². The highest BCUT2D eigenvalue weighted by molar-refractivity contribution is 6.04. The molecule has 1 unspecified atom stereocenters. The van der Waals surface area contributed by atoms with E-state index in [1.54, 1.807) is 4.90 Å². The molecule has 1 fully saturated rings. The summed E-state index contributed by atoms with van der Waals surface area (Å²) in [7, 11) is 0. The van der Waals surface area contributed by atoms with Crippen molar-refractivity contribution in [3.05, 3.63) is 59.7 Å². The molecule has 0 saturated carbocycles. The van der Waals surface area contributed by atoms with Crippen LogP contribution in [0, 0.1) is 0 Å². The topological polar surface area (TPSA) is 61.9 Å². The van der Waals surface area contributed by atoms with Gasteiger partial charge in [0.25, 0.3) is 0 Å². The molecule has 0 bridgehead atoms. The molecule has 2 aromatic carbocycles. The largest absolute Gasteiger partial charge is 0.445 e. The molecular formula is C20H18F3N3O3. The Morgan fingerprint density at radius 1 is 1.14 bits per heavy atom. The molecular weight excluding hydrogens is 387 g/mol. The van der Waals surface area contributed by atoms with Gasteiger partial charge >= 0.3 is 12.3 Å². The van der Waals surface area contributed by atoms with E-state index in [1.807, 2.05) is 30.3 Å². The average molecular weight is 405 g/mol. The van der Waals surface area contributed by atoms with Crippen LogP contribution < -0.4 is 10.2 Å². The summed E-state index contributed by atoms with van der Waals surface area (Å²) in [6.07, 6.45) is -5.02. The van der Waals surface area contributed by atoms with E-state index in [1.165, 1.54) is 11.0 Å². The van der Waals surface area contributed by atoms with Crippen molar-refractivity contribution in [2.24, 2.45) is 0 Å². The molecule has 1 saturated heterocycles. The van der Waals surface area contributed by atoms with Crippen molar-refractivity contribution in [1.29, 1.82) is 0 Å². The Bertz CT molecular complexity index is 934. The molecule has 6 nitrogen and oxygen atoms in total. The van der Waals surface area contributed by atoms with Crippen molar-refractivity contribution in [1.82, 2.24) is 4.90 Å². The zero-order valence-electron chi connectivity index (χ0n) is 15.3. The van der Waals surface area contributed by atoms with Gasteiger partial charge in [-0.05, 0) is 23.8 Å². The maximum Gasteiger partial charge on any atom is 0.416 e. The fraction of sp³-hybridized carbons (Fsp3) is 0.300. The summed E-state index contributed by atoms with van der Waals surface area (Å²) < 4.78 is 44.1.